The van der Waals surface area contributed by atoms with Crippen LogP contribution < -0.4 is 10.6 Å². The predicted molar refractivity (Wildman–Crippen MR) is 113 cm³/mol. The smallest absolute Gasteiger partial charge is 0.190 e. The number of hydrogen-bond donors (Lipinski definition) is 2. The molecule has 0 spiro atoms. The van der Waals surface area contributed by atoms with Crippen LogP contribution in [0.5, 0.6) is 0 Å². The molecule has 2 aromatic rings. The van der Waals surface area contributed by atoms with Gasteiger partial charge in [-0.2, -0.15) is 0 Å². The van der Waals surface area contributed by atoms with Gasteiger partial charge in [0.1, 0.15) is 5.82 Å². The maximum absolute atomic E-state index is 4.61. The summed E-state index contributed by atoms with van der Waals surface area (Å²) in [6.45, 7) is 7.14. The van der Waals surface area contributed by atoms with Gasteiger partial charge >= 0.3 is 0 Å². The summed E-state index contributed by atoms with van der Waals surface area (Å²) in [7, 11) is 1.82. The number of unbranched alkanes of at least 4 members (excludes halogenated alkanes) is 2. The molecular weight excluding hydrogens is 413 g/mol. The van der Waals surface area contributed by atoms with Crippen LogP contribution in [0.4, 0.5) is 0 Å². The van der Waals surface area contributed by atoms with Crippen LogP contribution in [0.3, 0.4) is 0 Å². The summed E-state index contributed by atoms with van der Waals surface area (Å²) < 4.78 is 2.29. The van der Waals surface area contributed by atoms with Crippen molar-refractivity contribution >= 4 is 41.0 Å². The van der Waals surface area contributed by atoms with E-state index in [4.69, 9.17) is 0 Å². The maximum atomic E-state index is 4.61. The second-order valence-electron chi connectivity index (χ2n) is 5.79. The number of halogens is 1. The van der Waals surface area contributed by atoms with E-state index in [1.54, 1.807) is 0 Å². The number of aliphatic imine (C=N–C) groups is 1. The molecule has 0 amide bonds. The molecule has 5 nitrogen and oxygen atoms in total. The second kappa shape index (κ2) is 11.3. The van der Waals surface area contributed by atoms with Crippen molar-refractivity contribution in [2.75, 3.05) is 20.1 Å². The number of nitrogens with one attached hydrogen (secondary N) is 2. The minimum atomic E-state index is 0. The lowest BCUT2D eigenvalue weighted by atomic mass is 10.2. The quantitative estimate of drug-likeness (QED) is 0.283. The van der Waals surface area contributed by atoms with Crippen molar-refractivity contribution in [3.63, 3.8) is 0 Å². The highest BCUT2D eigenvalue weighted by atomic mass is 127. The van der Waals surface area contributed by atoms with Crippen molar-refractivity contribution in [3.8, 4) is 0 Å². The zero-order chi connectivity index (χ0) is 16.5. The normalized spacial score (nSPS) is 11.4. The number of para-hydroxylation sites is 2. The second-order valence-corrected chi connectivity index (χ2v) is 5.79. The van der Waals surface area contributed by atoms with Crippen LogP contribution in [-0.2, 0) is 6.54 Å². The van der Waals surface area contributed by atoms with E-state index in [1.165, 1.54) is 24.8 Å². The van der Waals surface area contributed by atoms with E-state index >= 15 is 0 Å². The molecule has 0 aliphatic heterocycles. The number of fused-ring (bicyclic) bond motifs is 1. The van der Waals surface area contributed by atoms with E-state index in [1.807, 2.05) is 13.1 Å². The third-order valence-electron chi connectivity index (χ3n) is 3.99. The molecule has 0 unspecified atom stereocenters. The lowest BCUT2D eigenvalue weighted by molar-refractivity contribution is 0.620. The number of benzene rings is 1. The molecule has 0 radical (unpaired) electrons. The van der Waals surface area contributed by atoms with Gasteiger partial charge in [0.2, 0.25) is 0 Å². The van der Waals surface area contributed by atoms with Gasteiger partial charge in [0.05, 0.1) is 11.0 Å². The first-order chi connectivity index (χ1) is 11.3. The number of rotatable bonds is 8. The van der Waals surface area contributed by atoms with Gasteiger partial charge < -0.3 is 15.2 Å². The summed E-state index contributed by atoms with van der Waals surface area (Å²) in [4.78, 5) is 8.87. The van der Waals surface area contributed by atoms with Crippen molar-refractivity contribution < 1.29 is 0 Å². The fraction of sp³-hybridized carbons (Fsp3) is 0.556. The highest BCUT2D eigenvalue weighted by molar-refractivity contribution is 14.0. The van der Waals surface area contributed by atoms with E-state index in [0.29, 0.717) is 0 Å². The molecule has 1 aromatic heterocycles. The highest BCUT2D eigenvalue weighted by Crippen LogP contribution is 2.15. The molecule has 0 atom stereocenters. The Labute approximate surface area is 162 Å². The number of aromatic nitrogens is 2. The van der Waals surface area contributed by atoms with Gasteiger partial charge in [-0.05, 0) is 31.9 Å². The largest absolute Gasteiger partial charge is 0.356 e. The summed E-state index contributed by atoms with van der Waals surface area (Å²) in [6.07, 6.45) is 4.73. The Morgan fingerprint density at radius 2 is 1.83 bits per heavy atom. The Bertz CT molecular complexity index is 635. The van der Waals surface area contributed by atoms with Gasteiger partial charge in [-0.15, -0.1) is 24.0 Å². The molecule has 2 rings (SSSR count). The summed E-state index contributed by atoms with van der Waals surface area (Å²) in [5.41, 5.74) is 2.29. The standard InChI is InChI=1S/C18H29N5.HI/c1-4-5-8-12-20-18(19-3)21-13-9-14-23-15(2)22-16-10-6-7-11-17(16)23;/h6-7,10-11H,4-5,8-9,12-14H2,1-3H3,(H2,19,20,21);1H. The Balaban J connectivity index is 0.00000288. The summed E-state index contributed by atoms with van der Waals surface area (Å²) in [6, 6.07) is 8.31. The number of hydrogen-bond acceptors (Lipinski definition) is 2. The molecule has 134 valence electrons. The molecule has 0 saturated carbocycles. The van der Waals surface area contributed by atoms with Gasteiger partial charge in [-0.25, -0.2) is 4.98 Å². The van der Waals surface area contributed by atoms with Gasteiger partial charge in [0, 0.05) is 26.7 Å². The summed E-state index contributed by atoms with van der Waals surface area (Å²) >= 11 is 0. The first kappa shape index (κ1) is 20.7. The minimum absolute atomic E-state index is 0. The Morgan fingerprint density at radius 3 is 2.54 bits per heavy atom. The van der Waals surface area contributed by atoms with Crippen LogP contribution in [-0.4, -0.2) is 35.6 Å². The zero-order valence-electron chi connectivity index (χ0n) is 15.0. The first-order valence-corrected chi connectivity index (χ1v) is 8.62. The summed E-state index contributed by atoms with van der Waals surface area (Å²) in [5, 5.41) is 6.74. The topological polar surface area (TPSA) is 54.2 Å². The van der Waals surface area contributed by atoms with Crippen LogP contribution >= 0.6 is 24.0 Å². The van der Waals surface area contributed by atoms with E-state index in [9.17, 15) is 0 Å². The van der Waals surface area contributed by atoms with Crippen molar-refractivity contribution in [2.24, 2.45) is 4.99 Å². The molecule has 1 aromatic carbocycles. The number of aryl methyl sites for hydroxylation is 2. The maximum Gasteiger partial charge on any atom is 0.190 e. The van der Waals surface area contributed by atoms with Crippen molar-refractivity contribution in [2.45, 2.75) is 46.1 Å². The van der Waals surface area contributed by atoms with Crippen LogP contribution in [0.1, 0.15) is 38.4 Å². The predicted octanol–water partition coefficient (Wildman–Crippen LogP) is 3.71. The Morgan fingerprint density at radius 1 is 1.12 bits per heavy atom. The van der Waals surface area contributed by atoms with Gasteiger partial charge in [0.25, 0.3) is 0 Å². The van der Waals surface area contributed by atoms with Crippen molar-refractivity contribution in [1.29, 1.82) is 0 Å². The third kappa shape index (κ3) is 5.96. The van der Waals surface area contributed by atoms with Gasteiger partial charge in [0.15, 0.2) is 5.96 Å². The molecule has 1 heterocycles. The summed E-state index contributed by atoms with van der Waals surface area (Å²) in [5.74, 6) is 1.97. The lowest BCUT2D eigenvalue weighted by Gasteiger charge is -2.12. The molecule has 6 heteroatoms. The molecule has 0 saturated heterocycles. The molecule has 0 fully saturated rings. The fourth-order valence-corrected chi connectivity index (χ4v) is 2.72. The Kier molecular flexibility index (Phi) is 9.75. The number of nitrogens with zero attached hydrogens (tertiary/aromatic N) is 3. The van der Waals surface area contributed by atoms with E-state index in [-0.39, 0.29) is 24.0 Å². The lowest BCUT2D eigenvalue weighted by Crippen LogP contribution is -2.38. The fourth-order valence-electron chi connectivity index (χ4n) is 2.72. The number of imidazole rings is 1. The zero-order valence-corrected chi connectivity index (χ0v) is 17.3. The van der Waals surface area contributed by atoms with Crippen LogP contribution in [0.2, 0.25) is 0 Å². The van der Waals surface area contributed by atoms with Gasteiger partial charge in [-0.3, -0.25) is 4.99 Å². The molecule has 2 N–H and O–H groups in total. The molecule has 0 aliphatic carbocycles. The van der Waals surface area contributed by atoms with Gasteiger partial charge in [-0.1, -0.05) is 31.9 Å². The average molecular weight is 443 g/mol. The third-order valence-corrected chi connectivity index (χ3v) is 3.99. The van der Waals surface area contributed by atoms with Crippen LogP contribution in [0, 0.1) is 6.92 Å². The van der Waals surface area contributed by atoms with Crippen molar-refractivity contribution in [1.82, 2.24) is 20.2 Å². The van der Waals surface area contributed by atoms with Crippen molar-refractivity contribution in [3.05, 3.63) is 30.1 Å². The number of guanidine groups is 1. The molecule has 24 heavy (non-hydrogen) atoms. The Hall–Kier alpha value is -1.31. The van der Waals surface area contributed by atoms with E-state index in [0.717, 1.165) is 43.4 Å². The van der Waals surface area contributed by atoms with Crippen LogP contribution in [0.15, 0.2) is 29.3 Å². The molecular formula is C18H30IN5. The van der Waals surface area contributed by atoms with E-state index < -0.39 is 0 Å². The average Bonchev–Trinajstić information content (AvgIpc) is 2.89. The first-order valence-electron chi connectivity index (χ1n) is 8.62. The highest BCUT2D eigenvalue weighted by Gasteiger charge is 2.06. The minimum Gasteiger partial charge on any atom is -0.356 e. The van der Waals surface area contributed by atoms with E-state index in [2.05, 4.69) is 57.2 Å². The van der Waals surface area contributed by atoms with Crippen LogP contribution in [0.25, 0.3) is 11.0 Å². The molecule has 0 aliphatic rings. The SMILES string of the molecule is CCCCCNC(=NC)NCCCn1c(C)nc2ccccc21.I. The monoisotopic (exact) mass is 443 g/mol. The molecule has 0 bridgehead atoms.